The van der Waals surface area contributed by atoms with Gasteiger partial charge in [-0.05, 0) is 42.7 Å². The highest BCUT2D eigenvalue weighted by Crippen LogP contribution is 2.35. The normalized spacial score (nSPS) is 14.7. The Morgan fingerprint density at radius 3 is 2.71 bits per heavy atom. The largest absolute Gasteiger partial charge is 0.478 e. The van der Waals surface area contributed by atoms with Crippen LogP contribution in [0.3, 0.4) is 0 Å². The van der Waals surface area contributed by atoms with Crippen LogP contribution in [0.25, 0.3) is 0 Å². The summed E-state index contributed by atoms with van der Waals surface area (Å²) in [4.78, 5) is 2.22. The first-order valence-corrected chi connectivity index (χ1v) is 7.69. The quantitative estimate of drug-likeness (QED) is 0.774. The summed E-state index contributed by atoms with van der Waals surface area (Å²) in [7, 11) is 0. The first-order chi connectivity index (χ1) is 10.1. The Morgan fingerprint density at radius 2 is 1.95 bits per heavy atom. The van der Waals surface area contributed by atoms with Crippen LogP contribution < -0.4 is 4.74 Å². The fraction of sp³-hybridized carbons (Fsp3) is 0.294. The molecule has 1 heterocycles. The van der Waals surface area contributed by atoms with E-state index in [0.717, 1.165) is 45.6 Å². The summed E-state index contributed by atoms with van der Waals surface area (Å²) in [6.07, 6.45) is 0. The molecule has 0 saturated carbocycles. The van der Waals surface area contributed by atoms with Gasteiger partial charge in [0, 0.05) is 28.7 Å². The molecule has 2 aromatic rings. The molecule has 0 bridgehead atoms. The molecule has 0 amide bonds. The van der Waals surface area contributed by atoms with Gasteiger partial charge >= 0.3 is 0 Å². The van der Waals surface area contributed by atoms with Crippen LogP contribution in [-0.2, 0) is 13.1 Å². The van der Waals surface area contributed by atoms with Gasteiger partial charge in [-0.3, -0.25) is 4.90 Å². The number of nitrogens with zero attached hydrogens (tertiary/aromatic N) is 1. The lowest BCUT2D eigenvalue weighted by Crippen LogP contribution is -2.32. The third kappa shape index (κ3) is 2.89. The summed E-state index contributed by atoms with van der Waals surface area (Å²) in [5.74, 6) is 0.949. The van der Waals surface area contributed by atoms with E-state index in [2.05, 4.69) is 11.8 Å². The van der Waals surface area contributed by atoms with Crippen molar-refractivity contribution in [1.82, 2.24) is 4.90 Å². The maximum atomic E-state index is 6.35. The second-order valence-corrected chi connectivity index (χ2v) is 6.25. The van der Waals surface area contributed by atoms with Crippen molar-refractivity contribution >= 4 is 23.2 Å². The summed E-state index contributed by atoms with van der Waals surface area (Å²) in [5, 5.41) is 1.62. The molecule has 2 nitrogen and oxygen atoms in total. The predicted molar refractivity (Wildman–Crippen MR) is 87.1 cm³/mol. The molecule has 0 aliphatic carbocycles. The number of benzene rings is 2. The molecular weight excluding hydrogens is 305 g/mol. The van der Waals surface area contributed by atoms with E-state index in [-0.39, 0.29) is 0 Å². The van der Waals surface area contributed by atoms with E-state index >= 15 is 0 Å². The van der Waals surface area contributed by atoms with Crippen LogP contribution in [0.2, 0.25) is 10.0 Å². The molecule has 3 rings (SSSR count). The molecule has 110 valence electrons. The summed E-state index contributed by atoms with van der Waals surface area (Å²) in [5.41, 5.74) is 4.45. The highest BCUT2D eigenvalue weighted by atomic mass is 35.5. The van der Waals surface area contributed by atoms with Gasteiger partial charge in [0.05, 0.1) is 0 Å². The van der Waals surface area contributed by atoms with Gasteiger partial charge in [0.25, 0.3) is 0 Å². The molecule has 2 aromatic carbocycles. The first kappa shape index (κ1) is 14.7. The monoisotopic (exact) mass is 321 g/mol. The summed E-state index contributed by atoms with van der Waals surface area (Å²) in [6.45, 7) is 6.22. The molecule has 0 spiro atoms. The van der Waals surface area contributed by atoms with E-state index in [1.807, 2.05) is 37.3 Å². The average molecular weight is 322 g/mol. The molecule has 0 atom stereocenters. The van der Waals surface area contributed by atoms with Crippen molar-refractivity contribution in [3.8, 4) is 5.75 Å². The lowest BCUT2D eigenvalue weighted by atomic mass is 10.0. The maximum Gasteiger partial charge on any atom is 0.142 e. The zero-order valence-corrected chi connectivity index (χ0v) is 13.6. The highest BCUT2D eigenvalue weighted by molar-refractivity contribution is 6.32. The van der Waals surface area contributed by atoms with Gasteiger partial charge in [-0.1, -0.05) is 41.4 Å². The molecule has 0 unspecified atom stereocenters. The Balaban J connectivity index is 1.85. The van der Waals surface area contributed by atoms with Crippen molar-refractivity contribution in [2.75, 3.05) is 6.73 Å². The number of fused-ring (bicyclic) bond motifs is 1. The van der Waals surface area contributed by atoms with Crippen molar-refractivity contribution < 1.29 is 4.74 Å². The van der Waals surface area contributed by atoms with Crippen molar-refractivity contribution in [2.45, 2.75) is 26.9 Å². The molecule has 1 aliphatic heterocycles. The first-order valence-electron chi connectivity index (χ1n) is 6.93. The smallest absolute Gasteiger partial charge is 0.142 e. The van der Waals surface area contributed by atoms with Crippen LogP contribution in [0.1, 0.15) is 22.3 Å². The molecule has 0 aromatic heterocycles. The van der Waals surface area contributed by atoms with Crippen molar-refractivity contribution in [3.05, 3.63) is 62.6 Å². The van der Waals surface area contributed by atoms with E-state index in [4.69, 9.17) is 27.9 Å². The highest BCUT2D eigenvalue weighted by Gasteiger charge is 2.22. The van der Waals surface area contributed by atoms with Gasteiger partial charge in [0.2, 0.25) is 0 Å². The van der Waals surface area contributed by atoms with Crippen LogP contribution in [0.5, 0.6) is 5.75 Å². The number of hydrogen-bond donors (Lipinski definition) is 0. The SMILES string of the molecule is Cc1cc2c(c(C)c1Cl)CN(Cc1ccccc1Cl)CO2. The summed E-state index contributed by atoms with van der Waals surface area (Å²) < 4.78 is 5.89. The van der Waals surface area contributed by atoms with Crippen LogP contribution in [0.4, 0.5) is 0 Å². The second-order valence-electron chi connectivity index (χ2n) is 5.46. The third-order valence-electron chi connectivity index (χ3n) is 3.91. The van der Waals surface area contributed by atoms with Crippen LogP contribution >= 0.6 is 23.2 Å². The fourth-order valence-corrected chi connectivity index (χ4v) is 3.05. The van der Waals surface area contributed by atoms with Gasteiger partial charge in [-0.2, -0.15) is 0 Å². The lowest BCUT2D eigenvalue weighted by molar-refractivity contribution is 0.0883. The van der Waals surface area contributed by atoms with Gasteiger partial charge in [0.1, 0.15) is 12.5 Å². The summed E-state index contributed by atoms with van der Waals surface area (Å²) >= 11 is 12.6. The Morgan fingerprint density at radius 1 is 1.19 bits per heavy atom. The maximum absolute atomic E-state index is 6.35. The number of halogens is 2. The second kappa shape index (κ2) is 5.88. The Labute approximate surface area is 135 Å². The van der Waals surface area contributed by atoms with Gasteiger partial charge in [0.15, 0.2) is 0 Å². The molecule has 4 heteroatoms. The minimum Gasteiger partial charge on any atom is -0.478 e. The van der Waals surface area contributed by atoms with Crippen molar-refractivity contribution in [1.29, 1.82) is 0 Å². The molecule has 0 saturated heterocycles. The fourth-order valence-electron chi connectivity index (χ4n) is 2.68. The minimum atomic E-state index is 0.568. The lowest BCUT2D eigenvalue weighted by Gasteiger charge is -2.31. The molecule has 0 radical (unpaired) electrons. The van der Waals surface area contributed by atoms with E-state index in [1.54, 1.807) is 0 Å². The topological polar surface area (TPSA) is 12.5 Å². The predicted octanol–water partition coefficient (Wildman–Crippen LogP) is 4.96. The van der Waals surface area contributed by atoms with Crippen molar-refractivity contribution in [2.24, 2.45) is 0 Å². The molecule has 21 heavy (non-hydrogen) atoms. The number of aryl methyl sites for hydroxylation is 1. The minimum absolute atomic E-state index is 0.568. The third-order valence-corrected chi connectivity index (χ3v) is 4.86. The Hall–Kier alpha value is -1.22. The van der Waals surface area contributed by atoms with Gasteiger partial charge < -0.3 is 4.74 Å². The van der Waals surface area contributed by atoms with Crippen molar-refractivity contribution in [3.63, 3.8) is 0 Å². The average Bonchev–Trinajstić information content (AvgIpc) is 2.48. The van der Waals surface area contributed by atoms with Crippen LogP contribution in [0, 0.1) is 13.8 Å². The Kier molecular flexibility index (Phi) is 4.12. The number of ether oxygens (including phenoxy) is 1. The molecule has 0 N–H and O–H groups in total. The standard InChI is InChI=1S/C17H17Cl2NO/c1-11-7-16-14(12(2)17(11)19)9-20(10-21-16)8-13-5-3-4-6-15(13)18/h3-7H,8-10H2,1-2H3. The van der Waals surface area contributed by atoms with E-state index < -0.39 is 0 Å². The zero-order chi connectivity index (χ0) is 15.0. The van der Waals surface area contributed by atoms with Gasteiger partial charge in [-0.25, -0.2) is 0 Å². The van der Waals surface area contributed by atoms with E-state index in [0.29, 0.717) is 6.73 Å². The molecule has 1 aliphatic rings. The zero-order valence-electron chi connectivity index (χ0n) is 12.1. The summed E-state index contributed by atoms with van der Waals surface area (Å²) in [6, 6.07) is 9.94. The Bertz CT molecular complexity index is 685. The number of rotatable bonds is 2. The van der Waals surface area contributed by atoms with Crippen LogP contribution in [-0.4, -0.2) is 11.6 Å². The molecule has 0 fully saturated rings. The number of hydrogen-bond acceptors (Lipinski definition) is 2. The van der Waals surface area contributed by atoms with E-state index in [9.17, 15) is 0 Å². The van der Waals surface area contributed by atoms with Crippen LogP contribution in [0.15, 0.2) is 30.3 Å². The van der Waals surface area contributed by atoms with Gasteiger partial charge in [-0.15, -0.1) is 0 Å². The van der Waals surface area contributed by atoms with E-state index in [1.165, 1.54) is 5.56 Å². The molecular formula is C17H17Cl2NO.